The van der Waals surface area contributed by atoms with Crippen LogP contribution in [-0.4, -0.2) is 18.5 Å². The molecule has 1 aromatic carbocycles. The highest BCUT2D eigenvalue weighted by atomic mass is 79.9. The summed E-state index contributed by atoms with van der Waals surface area (Å²) in [6.07, 6.45) is 2.11. The van der Waals surface area contributed by atoms with Gasteiger partial charge >= 0.3 is 0 Å². The maximum absolute atomic E-state index is 11.7. The second kappa shape index (κ2) is 7.33. The third-order valence-electron chi connectivity index (χ3n) is 2.43. The van der Waals surface area contributed by atoms with Crippen LogP contribution in [0.5, 0.6) is 0 Å². The number of carbonyl (C=O) groups excluding carboxylic acids is 1. The molecule has 17 heavy (non-hydrogen) atoms. The molecule has 0 saturated heterocycles. The molecule has 0 fully saturated rings. The Labute approximate surface area is 111 Å². The van der Waals surface area contributed by atoms with Crippen LogP contribution in [0.25, 0.3) is 0 Å². The first-order valence-corrected chi connectivity index (χ1v) is 6.72. The van der Waals surface area contributed by atoms with Crippen molar-refractivity contribution in [3.8, 4) is 0 Å². The Bertz CT molecular complexity index is 368. The summed E-state index contributed by atoms with van der Waals surface area (Å²) in [7, 11) is 0. The van der Waals surface area contributed by atoms with Crippen molar-refractivity contribution in [1.82, 2.24) is 5.32 Å². The van der Waals surface area contributed by atoms with Crippen LogP contribution in [0, 0.1) is 0 Å². The van der Waals surface area contributed by atoms with Crippen LogP contribution < -0.4 is 10.6 Å². The van der Waals surface area contributed by atoms with Crippen molar-refractivity contribution in [3.05, 3.63) is 28.7 Å². The third-order valence-corrected chi connectivity index (χ3v) is 2.92. The van der Waals surface area contributed by atoms with Crippen LogP contribution >= 0.6 is 15.9 Å². The van der Waals surface area contributed by atoms with E-state index in [-0.39, 0.29) is 11.9 Å². The molecule has 94 valence electrons. The summed E-state index contributed by atoms with van der Waals surface area (Å²) < 4.78 is 1.00. The number of rotatable bonds is 6. The van der Waals surface area contributed by atoms with Crippen LogP contribution in [0.15, 0.2) is 28.7 Å². The molecular weight excluding hydrogens is 280 g/mol. The molecule has 0 spiro atoms. The summed E-state index contributed by atoms with van der Waals surface area (Å²) in [5.41, 5.74) is 0.942. The standard InChI is InChI=1S/C13H19BrN2O/c1-3-4-8-15-13(17)10(2)16-12-7-5-6-11(14)9-12/h5-7,9-10,16H,3-4,8H2,1-2H3,(H,15,17). The van der Waals surface area contributed by atoms with E-state index in [1.807, 2.05) is 31.2 Å². The number of anilines is 1. The molecule has 1 atom stereocenters. The number of halogens is 1. The molecule has 0 radical (unpaired) electrons. The second-order valence-corrected chi connectivity index (χ2v) is 4.94. The van der Waals surface area contributed by atoms with Gasteiger partial charge in [0.15, 0.2) is 0 Å². The van der Waals surface area contributed by atoms with E-state index in [1.54, 1.807) is 0 Å². The van der Waals surface area contributed by atoms with Crippen molar-refractivity contribution in [2.24, 2.45) is 0 Å². The van der Waals surface area contributed by atoms with Crippen LogP contribution in [-0.2, 0) is 4.79 Å². The van der Waals surface area contributed by atoms with Crippen LogP contribution in [0.2, 0.25) is 0 Å². The summed E-state index contributed by atoms with van der Waals surface area (Å²) in [6, 6.07) is 7.57. The molecule has 0 aliphatic rings. The molecule has 4 heteroatoms. The molecule has 1 rings (SSSR count). The highest BCUT2D eigenvalue weighted by Crippen LogP contribution is 2.16. The Kier molecular flexibility index (Phi) is 6.05. The average molecular weight is 299 g/mol. The normalized spacial score (nSPS) is 11.9. The van der Waals surface area contributed by atoms with E-state index in [0.717, 1.165) is 29.5 Å². The van der Waals surface area contributed by atoms with Crippen LogP contribution in [0.1, 0.15) is 26.7 Å². The predicted octanol–water partition coefficient (Wildman–Crippen LogP) is 3.17. The van der Waals surface area contributed by atoms with Gasteiger partial charge in [0.2, 0.25) is 5.91 Å². The van der Waals surface area contributed by atoms with Crippen molar-refractivity contribution in [2.45, 2.75) is 32.7 Å². The number of hydrogen-bond acceptors (Lipinski definition) is 2. The molecule has 0 saturated carbocycles. The number of carbonyl (C=O) groups is 1. The molecule has 0 bridgehead atoms. The van der Waals surface area contributed by atoms with Gasteiger partial charge in [-0.25, -0.2) is 0 Å². The number of benzene rings is 1. The summed E-state index contributed by atoms with van der Waals surface area (Å²) in [5, 5.41) is 6.07. The largest absolute Gasteiger partial charge is 0.374 e. The van der Waals surface area contributed by atoms with E-state index in [9.17, 15) is 4.79 Å². The first kappa shape index (κ1) is 14.0. The van der Waals surface area contributed by atoms with Crippen molar-refractivity contribution in [3.63, 3.8) is 0 Å². The maximum Gasteiger partial charge on any atom is 0.242 e. The summed E-state index contributed by atoms with van der Waals surface area (Å²) in [4.78, 5) is 11.7. The van der Waals surface area contributed by atoms with Crippen molar-refractivity contribution in [1.29, 1.82) is 0 Å². The van der Waals surface area contributed by atoms with E-state index in [2.05, 4.69) is 33.5 Å². The monoisotopic (exact) mass is 298 g/mol. The first-order valence-electron chi connectivity index (χ1n) is 5.93. The van der Waals surface area contributed by atoms with Gasteiger partial charge in [0.25, 0.3) is 0 Å². The minimum Gasteiger partial charge on any atom is -0.374 e. The fourth-order valence-corrected chi connectivity index (χ4v) is 1.83. The van der Waals surface area contributed by atoms with Gasteiger partial charge in [-0.1, -0.05) is 35.3 Å². The molecule has 0 aromatic heterocycles. The fourth-order valence-electron chi connectivity index (χ4n) is 1.44. The van der Waals surface area contributed by atoms with Gasteiger partial charge in [0.05, 0.1) is 0 Å². The first-order chi connectivity index (χ1) is 8.13. The molecule has 1 unspecified atom stereocenters. The van der Waals surface area contributed by atoms with E-state index in [4.69, 9.17) is 0 Å². The van der Waals surface area contributed by atoms with E-state index in [1.165, 1.54) is 0 Å². The smallest absolute Gasteiger partial charge is 0.242 e. The van der Waals surface area contributed by atoms with Gasteiger partial charge in [0, 0.05) is 16.7 Å². The fraction of sp³-hybridized carbons (Fsp3) is 0.462. The van der Waals surface area contributed by atoms with E-state index in [0.29, 0.717) is 0 Å². The van der Waals surface area contributed by atoms with E-state index >= 15 is 0 Å². The maximum atomic E-state index is 11.7. The highest BCUT2D eigenvalue weighted by molar-refractivity contribution is 9.10. The molecule has 1 amide bonds. The quantitative estimate of drug-likeness (QED) is 0.792. The lowest BCUT2D eigenvalue weighted by Gasteiger charge is -2.15. The molecule has 2 N–H and O–H groups in total. The lowest BCUT2D eigenvalue weighted by molar-refractivity contribution is -0.121. The third kappa shape index (κ3) is 5.22. The Morgan fingerprint density at radius 2 is 2.24 bits per heavy atom. The number of amides is 1. The molecule has 3 nitrogen and oxygen atoms in total. The molecule has 1 aromatic rings. The van der Waals surface area contributed by atoms with Gasteiger partial charge in [-0.05, 0) is 31.5 Å². The number of hydrogen-bond donors (Lipinski definition) is 2. The Hall–Kier alpha value is -1.03. The molecule has 0 aliphatic carbocycles. The van der Waals surface area contributed by atoms with Crippen molar-refractivity contribution >= 4 is 27.5 Å². The molecular formula is C13H19BrN2O. The summed E-state index contributed by atoms with van der Waals surface area (Å²) >= 11 is 3.40. The number of unbranched alkanes of at least 4 members (excludes halogenated alkanes) is 1. The zero-order chi connectivity index (χ0) is 12.7. The lowest BCUT2D eigenvalue weighted by atomic mass is 10.2. The zero-order valence-electron chi connectivity index (χ0n) is 10.3. The molecule has 0 heterocycles. The Morgan fingerprint density at radius 1 is 1.47 bits per heavy atom. The number of nitrogens with one attached hydrogen (secondary N) is 2. The van der Waals surface area contributed by atoms with Gasteiger partial charge in [0.1, 0.15) is 6.04 Å². The SMILES string of the molecule is CCCCNC(=O)C(C)Nc1cccc(Br)c1. The van der Waals surface area contributed by atoms with Gasteiger partial charge in [-0.15, -0.1) is 0 Å². The van der Waals surface area contributed by atoms with Crippen LogP contribution in [0.4, 0.5) is 5.69 Å². The van der Waals surface area contributed by atoms with Crippen LogP contribution in [0.3, 0.4) is 0 Å². The average Bonchev–Trinajstić information content (AvgIpc) is 2.29. The predicted molar refractivity (Wildman–Crippen MR) is 75.1 cm³/mol. The lowest BCUT2D eigenvalue weighted by Crippen LogP contribution is -2.37. The van der Waals surface area contributed by atoms with Crippen molar-refractivity contribution < 1.29 is 4.79 Å². The Morgan fingerprint density at radius 3 is 2.88 bits per heavy atom. The summed E-state index contributed by atoms with van der Waals surface area (Å²) in [6.45, 7) is 4.72. The van der Waals surface area contributed by atoms with Gasteiger partial charge < -0.3 is 10.6 Å². The topological polar surface area (TPSA) is 41.1 Å². The minimum absolute atomic E-state index is 0.0402. The van der Waals surface area contributed by atoms with E-state index < -0.39 is 0 Å². The Balaban J connectivity index is 2.43. The van der Waals surface area contributed by atoms with Crippen molar-refractivity contribution in [2.75, 3.05) is 11.9 Å². The second-order valence-electron chi connectivity index (χ2n) is 4.02. The highest BCUT2D eigenvalue weighted by Gasteiger charge is 2.11. The molecule has 0 aliphatic heterocycles. The minimum atomic E-state index is -0.221. The van der Waals surface area contributed by atoms with Gasteiger partial charge in [-0.3, -0.25) is 4.79 Å². The van der Waals surface area contributed by atoms with Gasteiger partial charge in [-0.2, -0.15) is 0 Å². The summed E-state index contributed by atoms with van der Waals surface area (Å²) in [5.74, 6) is 0.0402. The zero-order valence-corrected chi connectivity index (χ0v) is 11.9.